The van der Waals surface area contributed by atoms with Crippen molar-refractivity contribution in [1.82, 2.24) is 4.31 Å². The molecule has 0 amide bonds. The van der Waals surface area contributed by atoms with Gasteiger partial charge in [0.2, 0.25) is 0 Å². The molecule has 0 radical (unpaired) electrons. The van der Waals surface area contributed by atoms with Crippen LogP contribution >= 0.6 is 0 Å². The van der Waals surface area contributed by atoms with Crippen LogP contribution in [-0.4, -0.2) is 24.2 Å². The molecule has 2 rings (SSSR count). The summed E-state index contributed by atoms with van der Waals surface area (Å²) in [6.45, 7) is 9.55. The van der Waals surface area contributed by atoms with Gasteiger partial charge in [-0.1, -0.05) is 18.2 Å². The zero-order valence-electron chi connectivity index (χ0n) is 11.8. The van der Waals surface area contributed by atoms with E-state index in [0.717, 1.165) is 5.56 Å². The Bertz CT molecular complexity index is 563. The fraction of sp³-hybridized carbons (Fsp3) is 0.429. The second-order valence-corrected chi connectivity index (χ2v) is 7.89. The number of nitro benzene ring substituents is 1. The topological polar surface area (TPSA) is 63.2 Å². The van der Waals surface area contributed by atoms with Crippen LogP contribution in [0.25, 0.3) is 0 Å². The van der Waals surface area contributed by atoms with Crippen molar-refractivity contribution in [3.05, 3.63) is 52.6 Å². The van der Waals surface area contributed by atoms with Crippen molar-refractivity contribution < 1.29 is 9.13 Å². The van der Waals surface area contributed by atoms with Crippen molar-refractivity contribution in [3.63, 3.8) is 0 Å². The summed E-state index contributed by atoms with van der Waals surface area (Å²) in [5, 5.41) is 10.7. The molecule has 1 fully saturated rings. The smallest absolute Gasteiger partial charge is 0.258 e. The van der Waals surface area contributed by atoms with Gasteiger partial charge in [0.1, 0.15) is 11.0 Å². The molecule has 0 aromatic heterocycles. The molecule has 0 spiro atoms. The third-order valence-corrected chi connectivity index (χ3v) is 5.11. The molecule has 0 bridgehead atoms. The molecular formula is C14H18N2O3S. The maximum atomic E-state index is 12.4. The van der Waals surface area contributed by atoms with Crippen LogP contribution in [0, 0.1) is 10.1 Å². The largest absolute Gasteiger partial charge is 0.269 e. The molecule has 1 aliphatic rings. The first-order valence-electron chi connectivity index (χ1n) is 6.34. The van der Waals surface area contributed by atoms with Gasteiger partial charge in [-0.05, 0) is 26.3 Å². The van der Waals surface area contributed by atoms with Crippen molar-refractivity contribution >= 4 is 16.7 Å². The van der Waals surface area contributed by atoms with Crippen LogP contribution in [0.1, 0.15) is 32.4 Å². The molecule has 5 nitrogen and oxygen atoms in total. The van der Waals surface area contributed by atoms with E-state index in [1.165, 1.54) is 12.1 Å². The minimum absolute atomic E-state index is 0.00615. The third kappa shape index (κ3) is 2.66. The maximum Gasteiger partial charge on any atom is 0.269 e. The van der Waals surface area contributed by atoms with Crippen LogP contribution < -0.4 is 0 Å². The number of nitro groups is 1. The first-order chi connectivity index (χ1) is 9.27. The van der Waals surface area contributed by atoms with E-state index in [4.69, 9.17) is 0 Å². The highest BCUT2D eigenvalue weighted by molar-refractivity contribution is 7.84. The lowest BCUT2D eigenvalue weighted by atomic mass is 10.1. The minimum Gasteiger partial charge on any atom is -0.258 e. The Morgan fingerprint density at radius 1 is 1.35 bits per heavy atom. The van der Waals surface area contributed by atoms with Gasteiger partial charge in [0.05, 0.1) is 21.8 Å². The van der Waals surface area contributed by atoms with Gasteiger partial charge in [0.15, 0.2) is 0 Å². The van der Waals surface area contributed by atoms with Crippen LogP contribution in [0.3, 0.4) is 0 Å². The summed E-state index contributed by atoms with van der Waals surface area (Å²) in [5.41, 5.74) is 0.992. The van der Waals surface area contributed by atoms with E-state index < -0.39 is 15.9 Å². The number of rotatable bonds is 4. The highest BCUT2D eigenvalue weighted by Crippen LogP contribution is 2.47. The Balaban J connectivity index is 2.23. The lowest BCUT2D eigenvalue weighted by Gasteiger charge is -2.18. The highest BCUT2D eigenvalue weighted by atomic mass is 32.2. The lowest BCUT2D eigenvalue weighted by molar-refractivity contribution is -0.384. The Morgan fingerprint density at radius 2 is 1.90 bits per heavy atom. The van der Waals surface area contributed by atoms with E-state index in [-0.39, 0.29) is 22.5 Å². The van der Waals surface area contributed by atoms with Crippen LogP contribution in [0.15, 0.2) is 36.9 Å². The first-order valence-corrected chi connectivity index (χ1v) is 7.45. The summed E-state index contributed by atoms with van der Waals surface area (Å²) in [6, 6.07) is 6.42. The standard InChI is InChI=1S/C14H18N2O3S/c1-5-12-13(15(12)20(19)14(2,3)4)10-6-8-11(9-7-10)16(17)18/h5-9,12-13H,1H2,2-4H3/t12-,13-,15?,20-/m1/s1. The molecule has 0 aliphatic carbocycles. The van der Waals surface area contributed by atoms with Gasteiger partial charge in [-0.25, -0.2) is 8.51 Å². The number of hydrogen-bond acceptors (Lipinski definition) is 3. The Hall–Kier alpha value is -1.53. The van der Waals surface area contributed by atoms with E-state index >= 15 is 0 Å². The van der Waals surface area contributed by atoms with Crippen LogP contribution in [-0.2, 0) is 11.0 Å². The van der Waals surface area contributed by atoms with E-state index in [0.29, 0.717) is 0 Å². The number of nitrogens with zero attached hydrogens (tertiary/aromatic N) is 2. The first kappa shape index (κ1) is 14.9. The number of hydrogen-bond donors (Lipinski definition) is 0. The van der Waals surface area contributed by atoms with E-state index in [1.54, 1.807) is 18.2 Å². The van der Waals surface area contributed by atoms with Gasteiger partial charge in [-0.2, -0.15) is 0 Å². The zero-order chi connectivity index (χ0) is 15.1. The molecule has 1 saturated heterocycles. The van der Waals surface area contributed by atoms with E-state index in [1.807, 2.05) is 25.1 Å². The van der Waals surface area contributed by atoms with Gasteiger partial charge in [-0.15, -0.1) is 6.58 Å². The predicted octanol–water partition coefficient (Wildman–Crippen LogP) is 2.97. The van der Waals surface area contributed by atoms with Gasteiger partial charge in [0.25, 0.3) is 5.69 Å². The normalized spacial score (nSPS) is 26.9. The number of benzene rings is 1. The molecule has 20 heavy (non-hydrogen) atoms. The van der Waals surface area contributed by atoms with Gasteiger partial charge in [-0.3, -0.25) is 10.1 Å². The van der Waals surface area contributed by atoms with Crippen molar-refractivity contribution in [1.29, 1.82) is 0 Å². The van der Waals surface area contributed by atoms with Gasteiger partial charge < -0.3 is 0 Å². The zero-order valence-corrected chi connectivity index (χ0v) is 12.6. The molecule has 1 aromatic rings. The van der Waals surface area contributed by atoms with E-state index in [9.17, 15) is 14.3 Å². The monoisotopic (exact) mass is 294 g/mol. The SMILES string of the molecule is C=C[C@@H]1[C@@H](c2ccc([N+](=O)[O-])cc2)N1[S@](=O)C(C)(C)C. The van der Waals surface area contributed by atoms with Crippen molar-refractivity contribution in [3.8, 4) is 0 Å². The molecule has 4 atom stereocenters. The Morgan fingerprint density at radius 3 is 2.30 bits per heavy atom. The molecule has 1 unspecified atom stereocenters. The summed E-state index contributed by atoms with van der Waals surface area (Å²) < 4.78 is 14.0. The fourth-order valence-electron chi connectivity index (χ4n) is 2.13. The average Bonchev–Trinajstić information content (AvgIpc) is 3.10. The van der Waals surface area contributed by atoms with Crippen molar-refractivity contribution in [2.45, 2.75) is 37.6 Å². The summed E-state index contributed by atoms with van der Waals surface area (Å²) in [4.78, 5) is 10.2. The van der Waals surface area contributed by atoms with Crippen LogP contribution in [0.5, 0.6) is 0 Å². The van der Waals surface area contributed by atoms with E-state index in [2.05, 4.69) is 6.58 Å². The van der Waals surface area contributed by atoms with Crippen molar-refractivity contribution in [2.24, 2.45) is 0 Å². The molecule has 1 aliphatic heterocycles. The average molecular weight is 294 g/mol. The van der Waals surface area contributed by atoms with Gasteiger partial charge in [0, 0.05) is 12.1 Å². The second kappa shape index (κ2) is 5.10. The number of non-ortho nitro benzene ring substituents is 1. The quantitative estimate of drug-likeness (QED) is 0.371. The molecule has 0 saturated carbocycles. The maximum absolute atomic E-state index is 12.4. The van der Waals surface area contributed by atoms with Crippen molar-refractivity contribution in [2.75, 3.05) is 0 Å². The molecular weight excluding hydrogens is 276 g/mol. The Labute approximate surface area is 121 Å². The second-order valence-electron chi connectivity index (χ2n) is 5.74. The molecule has 108 valence electrons. The third-order valence-electron chi connectivity index (χ3n) is 3.20. The summed E-state index contributed by atoms with van der Waals surface area (Å²) in [6.07, 6.45) is 1.77. The van der Waals surface area contributed by atoms with Crippen LogP contribution in [0.2, 0.25) is 0 Å². The summed E-state index contributed by atoms with van der Waals surface area (Å²) in [5.74, 6) is 0. The molecule has 6 heteroatoms. The summed E-state index contributed by atoms with van der Waals surface area (Å²) >= 11 is 0. The lowest BCUT2D eigenvalue weighted by Crippen LogP contribution is -2.28. The molecule has 1 aromatic carbocycles. The summed E-state index contributed by atoms with van der Waals surface area (Å²) in [7, 11) is -1.12. The minimum atomic E-state index is -1.12. The van der Waals surface area contributed by atoms with Crippen LogP contribution in [0.4, 0.5) is 5.69 Å². The molecule has 1 heterocycles. The fourth-order valence-corrected chi connectivity index (χ4v) is 3.58. The Kier molecular flexibility index (Phi) is 3.80. The predicted molar refractivity (Wildman–Crippen MR) is 79.6 cm³/mol. The molecule has 0 N–H and O–H groups in total. The highest BCUT2D eigenvalue weighted by Gasteiger charge is 2.52. The van der Waals surface area contributed by atoms with Gasteiger partial charge >= 0.3 is 0 Å².